The molecule has 27 heavy (non-hydrogen) atoms. The van der Waals surface area contributed by atoms with Crippen LogP contribution in [0.15, 0.2) is 18.2 Å². The van der Waals surface area contributed by atoms with Crippen LogP contribution < -0.4 is 0 Å². The summed E-state index contributed by atoms with van der Waals surface area (Å²) in [7, 11) is 0. The van der Waals surface area contributed by atoms with Gasteiger partial charge < -0.3 is 0 Å². The number of benzene rings is 1. The SMILES string of the molecule is CCCCCCCCCCCCCCCCCCCC1c2cccc(Cl)c21. The van der Waals surface area contributed by atoms with Gasteiger partial charge in [0.1, 0.15) is 0 Å². The van der Waals surface area contributed by atoms with Crippen molar-refractivity contribution in [2.24, 2.45) is 0 Å². The first-order valence-electron chi connectivity index (χ1n) is 12.1. The first kappa shape index (κ1) is 22.8. The van der Waals surface area contributed by atoms with Gasteiger partial charge in [-0.05, 0) is 23.6 Å². The van der Waals surface area contributed by atoms with Gasteiger partial charge in [0.2, 0.25) is 0 Å². The van der Waals surface area contributed by atoms with E-state index in [0.29, 0.717) is 5.92 Å². The maximum atomic E-state index is 6.24. The molecule has 1 heteroatoms. The highest BCUT2D eigenvalue weighted by Crippen LogP contribution is 2.50. The van der Waals surface area contributed by atoms with Crippen LogP contribution in [0.5, 0.6) is 0 Å². The minimum Gasteiger partial charge on any atom is -0.0840 e. The van der Waals surface area contributed by atoms with E-state index in [1.807, 2.05) is 6.07 Å². The number of halogens is 1. The van der Waals surface area contributed by atoms with Crippen LogP contribution >= 0.6 is 11.6 Å². The van der Waals surface area contributed by atoms with Gasteiger partial charge >= 0.3 is 0 Å². The Morgan fingerprint density at radius 2 is 1.07 bits per heavy atom. The molecule has 0 nitrogen and oxygen atoms in total. The van der Waals surface area contributed by atoms with E-state index in [4.69, 9.17) is 11.6 Å². The average Bonchev–Trinajstić information content (AvgIpc) is 3.39. The zero-order valence-electron chi connectivity index (χ0n) is 17.9. The van der Waals surface area contributed by atoms with E-state index >= 15 is 0 Å². The lowest BCUT2D eigenvalue weighted by Gasteiger charge is -2.04. The van der Waals surface area contributed by atoms with Gasteiger partial charge in [0.05, 0.1) is 0 Å². The third kappa shape index (κ3) is 9.51. The molecule has 1 aliphatic rings. The second kappa shape index (κ2) is 14.5. The molecule has 0 aliphatic heterocycles. The molecule has 0 amide bonds. The Labute approximate surface area is 174 Å². The predicted molar refractivity (Wildman–Crippen MR) is 122 cm³/mol. The van der Waals surface area contributed by atoms with Crippen molar-refractivity contribution in [2.75, 3.05) is 0 Å². The molecule has 1 aromatic rings. The molecule has 0 fully saturated rings. The Bertz CT molecular complexity index is 493. The summed E-state index contributed by atoms with van der Waals surface area (Å²) in [5.74, 6) is 0.698. The van der Waals surface area contributed by atoms with Crippen LogP contribution in [-0.2, 0) is 0 Å². The standard InChI is InChI=1S/C26H43Cl/c1-2-3-4-5-6-7-8-9-10-11-12-13-14-15-16-17-18-20-23-24-21-19-22-25(27)26(23)24/h19,21-23H,2-18,20H2,1H3. The van der Waals surface area contributed by atoms with Crippen molar-refractivity contribution in [2.45, 2.75) is 128 Å². The molecule has 2 rings (SSSR count). The number of fused-ring (bicyclic) bond motifs is 1. The van der Waals surface area contributed by atoms with Crippen molar-refractivity contribution in [1.82, 2.24) is 0 Å². The molecule has 154 valence electrons. The van der Waals surface area contributed by atoms with Crippen LogP contribution in [0.25, 0.3) is 0 Å². The predicted octanol–water partition coefficient (Wildman–Crippen LogP) is 9.83. The third-order valence-electron chi connectivity index (χ3n) is 6.32. The van der Waals surface area contributed by atoms with E-state index in [0.717, 1.165) is 5.02 Å². The molecule has 1 unspecified atom stereocenters. The summed E-state index contributed by atoms with van der Waals surface area (Å²) in [4.78, 5) is 0. The molecule has 0 spiro atoms. The van der Waals surface area contributed by atoms with E-state index in [1.54, 1.807) is 0 Å². The highest BCUT2D eigenvalue weighted by Gasteiger charge is 2.33. The Kier molecular flexibility index (Phi) is 12.2. The zero-order valence-corrected chi connectivity index (χ0v) is 18.7. The zero-order chi connectivity index (χ0) is 19.2. The van der Waals surface area contributed by atoms with Gasteiger partial charge in [-0.2, -0.15) is 0 Å². The van der Waals surface area contributed by atoms with Crippen LogP contribution in [0.3, 0.4) is 0 Å². The molecule has 0 heterocycles. The Hall–Kier alpha value is -0.490. The average molecular weight is 391 g/mol. The van der Waals surface area contributed by atoms with Crippen LogP contribution in [-0.4, -0.2) is 0 Å². The van der Waals surface area contributed by atoms with Crippen LogP contribution in [0, 0.1) is 0 Å². The minimum absolute atomic E-state index is 0.698. The first-order valence-corrected chi connectivity index (χ1v) is 12.5. The van der Waals surface area contributed by atoms with Gasteiger partial charge in [-0.3, -0.25) is 0 Å². The lowest BCUT2D eigenvalue weighted by molar-refractivity contribution is 0.524. The van der Waals surface area contributed by atoms with Gasteiger partial charge in [-0.15, -0.1) is 0 Å². The van der Waals surface area contributed by atoms with Crippen LogP contribution in [0.1, 0.15) is 140 Å². The summed E-state index contributed by atoms with van der Waals surface area (Å²) in [6.45, 7) is 2.30. The molecule has 1 atom stereocenters. The largest absolute Gasteiger partial charge is 0.0840 e. The van der Waals surface area contributed by atoms with E-state index in [2.05, 4.69) is 19.1 Å². The molecule has 0 saturated carbocycles. The molecule has 1 aromatic carbocycles. The molecule has 0 bridgehead atoms. The van der Waals surface area contributed by atoms with Crippen molar-refractivity contribution in [3.63, 3.8) is 0 Å². The highest BCUT2D eigenvalue weighted by molar-refractivity contribution is 6.32. The van der Waals surface area contributed by atoms with Crippen molar-refractivity contribution in [3.8, 4) is 0 Å². The van der Waals surface area contributed by atoms with E-state index < -0.39 is 0 Å². The highest BCUT2D eigenvalue weighted by atomic mass is 35.5. The Morgan fingerprint density at radius 3 is 1.52 bits per heavy atom. The number of rotatable bonds is 18. The van der Waals surface area contributed by atoms with E-state index in [9.17, 15) is 0 Å². The monoisotopic (exact) mass is 390 g/mol. The number of hydrogen-bond donors (Lipinski definition) is 0. The Balaban J connectivity index is 1.25. The Morgan fingerprint density at radius 1 is 0.630 bits per heavy atom. The molecule has 0 aromatic heterocycles. The lowest BCUT2D eigenvalue weighted by atomic mass is 10.0. The molecular weight excluding hydrogens is 348 g/mol. The van der Waals surface area contributed by atoms with Crippen molar-refractivity contribution >= 4 is 11.6 Å². The fourth-order valence-corrected chi connectivity index (χ4v) is 4.81. The molecule has 0 radical (unpaired) electrons. The first-order chi connectivity index (χ1) is 13.3. The molecule has 1 aliphatic carbocycles. The third-order valence-corrected chi connectivity index (χ3v) is 6.65. The van der Waals surface area contributed by atoms with Crippen molar-refractivity contribution in [1.29, 1.82) is 0 Å². The maximum Gasteiger partial charge on any atom is 0.0447 e. The van der Waals surface area contributed by atoms with Crippen molar-refractivity contribution < 1.29 is 0 Å². The normalized spacial score (nSPS) is 15.1. The van der Waals surface area contributed by atoms with E-state index in [-0.39, 0.29) is 0 Å². The summed E-state index contributed by atoms with van der Waals surface area (Å²) < 4.78 is 0. The van der Waals surface area contributed by atoms with Gasteiger partial charge in [0, 0.05) is 10.9 Å². The fraction of sp³-hybridized carbons (Fsp3) is 0.769. The lowest BCUT2D eigenvalue weighted by Crippen LogP contribution is -1.84. The number of unbranched alkanes of at least 4 members (excludes halogenated alkanes) is 16. The van der Waals surface area contributed by atoms with Crippen molar-refractivity contribution in [3.05, 3.63) is 34.3 Å². The topological polar surface area (TPSA) is 0 Å². The smallest absolute Gasteiger partial charge is 0.0447 e. The van der Waals surface area contributed by atoms with Gasteiger partial charge in [0.15, 0.2) is 0 Å². The minimum atomic E-state index is 0.698. The second-order valence-electron chi connectivity index (χ2n) is 8.74. The summed E-state index contributed by atoms with van der Waals surface area (Å²) in [5.41, 5.74) is 2.95. The summed E-state index contributed by atoms with van der Waals surface area (Å²) >= 11 is 6.24. The van der Waals surface area contributed by atoms with Gasteiger partial charge in [-0.1, -0.05) is 140 Å². The fourth-order valence-electron chi connectivity index (χ4n) is 4.50. The van der Waals surface area contributed by atoms with Gasteiger partial charge in [0.25, 0.3) is 0 Å². The summed E-state index contributed by atoms with van der Waals surface area (Å²) in [6.07, 6.45) is 25.9. The van der Waals surface area contributed by atoms with Gasteiger partial charge in [-0.25, -0.2) is 0 Å². The number of hydrogen-bond acceptors (Lipinski definition) is 0. The van der Waals surface area contributed by atoms with Crippen LogP contribution in [0.2, 0.25) is 5.02 Å². The van der Waals surface area contributed by atoms with E-state index in [1.165, 1.54) is 127 Å². The molecular formula is C26H43Cl. The quantitative estimate of drug-likeness (QED) is 0.219. The second-order valence-corrected chi connectivity index (χ2v) is 9.15. The van der Waals surface area contributed by atoms with Crippen LogP contribution in [0.4, 0.5) is 0 Å². The summed E-state index contributed by atoms with van der Waals surface area (Å²) in [6, 6.07) is 6.38. The molecule has 0 saturated heterocycles. The summed E-state index contributed by atoms with van der Waals surface area (Å²) in [5, 5.41) is 0.990. The molecule has 0 N–H and O–H groups in total. The maximum absolute atomic E-state index is 6.24.